The van der Waals surface area contributed by atoms with Crippen molar-refractivity contribution in [3.63, 3.8) is 0 Å². The molecule has 2 fully saturated rings. The van der Waals surface area contributed by atoms with Gasteiger partial charge < -0.3 is 25.4 Å². The Bertz CT molecular complexity index is 339. The molecule has 1 aliphatic carbocycles. The molecule has 0 aromatic carbocycles. The van der Waals surface area contributed by atoms with Crippen LogP contribution in [0.1, 0.15) is 34.1 Å². The number of rotatable bonds is 5. The van der Waals surface area contributed by atoms with Gasteiger partial charge in [0.1, 0.15) is 5.60 Å². The maximum absolute atomic E-state index is 11.8. The van der Waals surface area contributed by atoms with Crippen molar-refractivity contribution in [3.8, 4) is 0 Å². The second-order valence-corrected chi connectivity index (χ2v) is 6.53. The third kappa shape index (κ3) is 4.07. The van der Waals surface area contributed by atoms with Crippen molar-refractivity contribution in [1.29, 1.82) is 0 Å². The summed E-state index contributed by atoms with van der Waals surface area (Å²) in [6.45, 7) is 10.3. The van der Waals surface area contributed by atoms with Crippen LogP contribution in [0.5, 0.6) is 0 Å². The minimum absolute atomic E-state index is 0.0852. The van der Waals surface area contributed by atoms with Crippen molar-refractivity contribution in [2.24, 2.45) is 0 Å². The Balaban J connectivity index is 1.81. The first kappa shape index (κ1) is 15.5. The fraction of sp³-hybridized carbons (Fsp3) is 0.929. The number of ether oxygens (including phenoxy) is 2. The number of carbonyl (C=O) groups excluding carboxylic acids is 1. The highest BCUT2D eigenvalue weighted by atomic mass is 16.6. The zero-order chi connectivity index (χ0) is 14.8. The third-order valence-electron chi connectivity index (χ3n) is 3.61. The molecule has 0 aromatic rings. The van der Waals surface area contributed by atoms with E-state index in [-0.39, 0.29) is 24.3 Å². The number of nitrogens with one attached hydrogen (secondary N) is 3. The normalized spacial score (nSPS) is 30.3. The lowest BCUT2D eigenvalue weighted by Crippen LogP contribution is -2.71. The van der Waals surface area contributed by atoms with Crippen LogP contribution in [0.4, 0.5) is 4.79 Å². The number of carbonyl (C=O) groups is 1. The lowest BCUT2D eigenvalue weighted by molar-refractivity contribution is -0.0483. The van der Waals surface area contributed by atoms with Crippen molar-refractivity contribution in [3.05, 3.63) is 0 Å². The highest BCUT2D eigenvalue weighted by Crippen LogP contribution is 2.25. The molecule has 1 heterocycles. The summed E-state index contributed by atoms with van der Waals surface area (Å²) in [5.74, 6) is 0. The van der Waals surface area contributed by atoms with Crippen molar-refractivity contribution >= 4 is 6.09 Å². The smallest absolute Gasteiger partial charge is 0.407 e. The van der Waals surface area contributed by atoms with Crippen LogP contribution in [-0.4, -0.2) is 55.6 Å². The first-order valence-electron chi connectivity index (χ1n) is 7.47. The largest absolute Gasteiger partial charge is 0.444 e. The van der Waals surface area contributed by atoms with Gasteiger partial charge >= 0.3 is 6.09 Å². The average molecular weight is 285 g/mol. The minimum Gasteiger partial charge on any atom is -0.444 e. The van der Waals surface area contributed by atoms with Crippen LogP contribution in [-0.2, 0) is 9.47 Å². The number of alkyl carbamates (subject to hydrolysis) is 1. The second kappa shape index (κ2) is 6.28. The van der Waals surface area contributed by atoms with Gasteiger partial charge in [0.2, 0.25) is 0 Å². The van der Waals surface area contributed by atoms with Crippen LogP contribution >= 0.6 is 0 Å². The Morgan fingerprint density at radius 1 is 1.35 bits per heavy atom. The molecule has 3 unspecified atom stereocenters. The molecule has 6 heteroatoms. The summed E-state index contributed by atoms with van der Waals surface area (Å²) >= 11 is 0. The third-order valence-corrected chi connectivity index (χ3v) is 3.61. The van der Waals surface area contributed by atoms with Gasteiger partial charge in [-0.05, 0) is 34.1 Å². The molecule has 0 bridgehead atoms. The van der Waals surface area contributed by atoms with Gasteiger partial charge in [-0.15, -0.1) is 0 Å². The van der Waals surface area contributed by atoms with Crippen LogP contribution in [0.25, 0.3) is 0 Å². The maximum Gasteiger partial charge on any atom is 0.407 e. The number of amides is 1. The lowest BCUT2D eigenvalue weighted by atomic mass is 9.82. The first-order valence-corrected chi connectivity index (χ1v) is 7.47. The second-order valence-electron chi connectivity index (χ2n) is 6.53. The molecule has 0 radical (unpaired) electrons. The Morgan fingerprint density at radius 3 is 2.55 bits per heavy atom. The van der Waals surface area contributed by atoms with E-state index in [0.717, 1.165) is 19.5 Å². The molecule has 1 saturated heterocycles. The molecular formula is C14H27N3O3. The van der Waals surface area contributed by atoms with Crippen LogP contribution in [0.2, 0.25) is 0 Å². The molecule has 2 rings (SSSR count). The summed E-state index contributed by atoms with van der Waals surface area (Å²) in [6.07, 6.45) is 0.668. The molecule has 1 saturated carbocycles. The molecule has 20 heavy (non-hydrogen) atoms. The van der Waals surface area contributed by atoms with Gasteiger partial charge in [0, 0.05) is 25.7 Å². The number of hydrogen-bond donors (Lipinski definition) is 3. The van der Waals surface area contributed by atoms with Gasteiger partial charge in [-0.2, -0.15) is 0 Å². The SMILES string of the molecule is CCOC1CC(NC(=O)OC(C)(C)C)C1NC1CNC1. The van der Waals surface area contributed by atoms with Gasteiger partial charge in [0.05, 0.1) is 18.2 Å². The fourth-order valence-corrected chi connectivity index (χ4v) is 2.50. The van der Waals surface area contributed by atoms with Crippen molar-refractivity contribution < 1.29 is 14.3 Å². The van der Waals surface area contributed by atoms with E-state index in [1.165, 1.54) is 0 Å². The topological polar surface area (TPSA) is 71.6 Å². The fourth-order valence-electron chi connectivity index (χ4n) is 2.50. The van der Waals surface area contributed by atoms with E-state index in [0.29, 0.717) is 12.6 Å². The Hall–Kier alpha value is -0.850. The molecule has 0 aromatic heterocycles. The van der Waals surface area contributed by atoms with E-state index in [2.05, 4.69) is 16.0 Å². The Morgan fingerprint density at radius 2 is 2.05 bits per heavy atom. The monoisotopic (exact) mass is 285 g/mol. The van der Waals surface area contributed by atoms with E-state index in [4.69, 9.17) is 9.47 Å². The highest BCUT2D eigenvalue weighted by molar-refractivity contribution is 5.68. The van der Waals surface area contributed by atoms with Gasteiger partial charge in [0.15, 0.2) is 0 Å². The molecule has 1 aliphatic heterocycles. The lowest BCUT2D eigenvalue weighted by Gasteiger charge is -2.47. The zero-order valence-corrected chi connectivity index (χ0v) is 12.9. The van der Waals surface area contributed by atoms with E-state index in [9.17, 15) is 4.79 Å². The molecule has 6 nitrogen and oxygen atoms in total. The summed E-state index contributed by atoms with van der Waals surface area (Å²) in [5, 5.41) is 9.72. The van der Waals surface area contributed by atoms with E-state index < -0.39 is 5.60 Å². The van der Waals surface area contributed by atoms with Crippen LogP contribution in [0.3, 0.4) is 0 Å². The quantitative estimate of drug-likeness (QED) is 0.691. The number of hydrogen-bond acceptors (Lipinski definition) is 5. The summed E-state index contributed by atoms with van der Waals surface area (Å²) in [4.78, 5) is 11.8. The standard InChI is InChI=1S/C14H27N3O3/c1-5-19-11-6-10(12(11)16-9-7-15-8-9)17-13(18)20-14(2,3)4/h9-12,15-16H,5-8H2,1-4H3,(H,17,18). The molecule has 3 N–H and O–H groups in total. The van der Waals surface area contributed by atoms with E-state index in [1.54, 1.807) is 0 Å². The molecule has 1 amide bonds. The van der Waals surface area contributed by atoms with Gasteiger partial charge in [-0.3, -0.25) is 0 Å². The summed E-state index contributed by atoms with van der Waals surface area (Å²) < 4.78 is 11.0. The van der Waals surface area contributed by atoms with E-state index >= 15 is 0 Å². The van der Waals surface area contributed by atoms with Gasteiger partial charge in [0.25, 0.3) is 0 Å². The Kier molecular flexibility index (Phi) is 4.88. The zero-order valence-electron chi connectivity index (χ0n) is 12.9. The van der Waals surface area contributed by atoms with Crippen molar-refractivity contribution in [2.75, 3.05) is 19.7 Å². The molecule has 2 aliphatic rings. The Labute approximate surface area is 121 Å². The summed E-state index contributed by atoms with van der Waals surface area (Å²) in [5.41, 5.74) is -0.464. The van der Waals surface area contributed by atoms with E-state index in [1.807, 2.05) is 27.7 Å². The van der Waals surface area contributed by atoms with Crippen LogP contribution in [0.15, 0.2) is 0 Å². The predicted molar refractivity (Wildman–Crippen MR) is 76.8 cm³/mol. The summed E-state index contributed by atoms with van der Waals surface area (Å²) in [7, 11) is 0. The molecular weight excluding hydrogens is 258 g/mol. The molecule has 0 spiro atoms. The summed E-state index contributed by atoms with van der Waals surface area (Å²) in [6, 6.07) is 0.739. The van der Waals surface area contributed by atoms with Gasteiger partial charge in [-0.1, -0.05) is 0 Å². The minimum atomic E-state index is -0.464. The molecule has 116 valence electrons. The molecule has 3 atom stereocenters. The first-order chi connectivity index (χ1) is 9.39. The predicted octanol–water partition coefficient (Wildman–Crippen LogP) is 0.619. The van der Waals surface area contributed by atoms with Gasteiger partial charge in [-0.25, -0.2) is 4.79 Å². The van der Waals surface area contributed by atoms with Crippen LogP contribution < -0.4 is 16.0 Å². The highest BCUT2D eigenvalue weighted by Gasteiger charge is 2.44. The maximum atomic E-state index is 11.8. The van der Waals surface area contributed by atoms with Crippen molar-refractivity contribution in [1.82, 2.24) is 16.0 Å². The van der Waals surface area contributed by atoms with Crippen LogP contribution in [0, 0.1) is 0 Å². The van der Waals surface area contributed by atoms with Crippen molar-refractivity contribution in [2.45, 2.75) is 63.9 Å². The average Bonchev–Trinajstić information content (AvgIpc) is 2.23.